The number of nitrogens with one attached hydrogen (secondary N) is 1. The summed E-state index contributed by atoms with van der Waals surface area (Å²) in [7, 11) is -8.94. The summed E-state index contributed by atoms with van der Waals surface area (Å²) in [5, 5.41) is 0. The van der Waals surface area contributed by atoms with E-state index in [2.05, 4.69) is 14.5 Å². The first-order valence-electron chi connectivity index (χ1n) is 12.1. The molecule has 0 amide bonds. The van der Waals surface area contributed by atoms with E-state index in [1.807, 2.05) is 30.3 Å². The minimum Gasteiger partial charge on any atom is -0.399 e. The van der Waals surface area contributed by atoms with Crippen LogP contribution in [0.5, 0.6) is 0 Å². The Balaban J connectivity index is 0.000000213. The Labute approximate surface area is 220 Å². The first-order chi connectivity index (χ1) is 17.3. The summed E-state index contributed by atoms with van der Waals surface area (Å²) in [5.74, 6) is 0.955. The standard InChI is InChI=1S/C13H20N2O4S2.C11H16N2O2S/c1-2-21(18,19)14-13-5-3-4-12(10-13)11-15-6-8-20(16,17)9-7-15;12-11-3-1-2-10(8-11)9-13-4-6-16(14,15)7-5-13/h3-5,10,14H,2,6-9,11H2,1H3;1-3,8H,4-7,9,12H2. The molecule has 0 aliphatic carbocycles. The van der Waals surface area contributed by atoms with Gasteiger partial charge in [0.25, 0.3) is 0 Å². The van der Waals surface area contributed by atoms with Crippen LogP contribution in [0.4, 0.5) is 11.4 Å². The molecule has 0 aromatic heterocycles. The highest BCUT2D eigenvalue weighted by molar-refractivity contribution is 7.92. The largest absolute Gasteiger partial charge is 0.399 e. The van der Waals surface area contributed by atoms with Gasteiger partial charge in [-0.15, -0.1) is 0 Å². The monoisotopic (exact) mass is 572 g/mol. The van der Waals surface area contributed by atoms with Crippen molar-refractivity contribution in [3.63, 3.8) is 0 Å². The Morgan fingerprint density at radius 1 is 0.784 bits per heavy atom. The SMILES string of the molecule is CCS(=O)(=O)Nc1cccc(CN2CCS(=O)(=O)CC2)c1.Nc1cccc(CN2CCS(=O)(=O)CC2)c1. The van der Waals surface area contributed by atoms with E-state index in [9.17, 15) is 25.3 Å². The summed E-state index contributed by atoms with van der Waals surface area (Å²) in [6.07, 6.45) is 0. The molecule has 2 saturated heterocycles. The third-order valence-corrected chi connectivity index (χ3v) is 10.7. The highest BCUT2D eigenvalue weighted by Crippen LogP contribution is 2.16. The van der Waals surface area contributed by atoms with Gasteiger partial charge in [0.15, 0.2) is 19.7 Å². The third kappa shape index (κ3) is 10.2. The van der Waals surface area contributed by atoms with Crippen molar-refractivity contribution in [1.82, 2.24) is 9.80 Å². The van der Waals surface area contributed by atoms with Gasteiger partial charge in [-0.2, -0.15) is 0 Å². The third-order valence-electron chi connectivity index (χ3n) is 6.22. The topological polar surface area (TPSA) is 147 Å². The molecule has 0 unspecified atom stereocenters. The molecule has 0 atom stereocenters. The predicted octanol–water partition coefficient (Wildman–Crippen LogP) is 1.18. The molecule has 2 fully saturated rings. The fraction of sp³-hybridized carbons (Fsp3) is 0.500. The number of sulfone groups is 2. The fourth-order valence-electron chi connectivity index (χ4n) is 4.01. The number of nitrogens with two attached hydrogens (primary N) is 1. The molecule has 0 radical (unpaired) electrons. The summed E-state index contributed by atoms with van der Waals surface area (Å²) in [5.41, 5.74) is 9.09. The average molecular weight is 573 g/mol. The highest BCUT2D eigenvalue weighted by atomic mass is 32.2. The quantitative estimate of drug-likeness (QED) is 0.467. The zero-order valence-corrected chi connectivity index (χ0v) is 23.5. The van der Waals surface area contributed by atoms with E-state index in [1.165, 1.54) is 0 Å². The molecule has 2 heterocycles. The second-order valence-corrected chi connectivity index (χ2v) is 15.9. The lowest BCUT2D eigenvalue weighted by atomic mass is 10.2. The average Bonchev–Trinajstić information content (AvgIpc) is 2.82. The molecule has 2 aliphatic heterocycles. The van der Waals surface area contributed by atoms with E-state index < -0.39 is 29.7 Å². The molecular weight excluding hydrogens is 536 g/mol. The summed E-state index contributed by atoms with van der Waals surface area (Å²) in [6.45, 7) is 5.27. The van der Waals surface area contributed by atoms with Crippen LogP contribution < -0.4 is 10.5 Å². The number of nitrogens with zero attached hydrogens (tertiary/aromatic N) is 2. The molecule has 37 heavy (non-hydrogen) atoms. The Morgan fingerprint density at radius 2 is 1.24 bits per heavy atom. The number of hydrogen-bond donors (Lipinski definition) is 2. The summed E-state index contributed by atoms with van der Waals surface area (Å²) >= 11 is 0. The van der Waals surface area contributed by atoms with Crippen LogP contribution in [0.3, 0.4) is 0 Å². The number of rotatable bonds is 7. The van der Waals surface area contributed by atoms with E-state index in [4.69, 9.17) is 5.73 Å². The molecule has 2 aromatic rings. The van der Waals surface area contributed by atoms with Crippen LogP contribution in [0.25, 0.3) is 0 Å². The fourth-order valence-corrected chi connectivity index (χ4v) is 7.19. The maximum Gasteiger partial charge on any atom is 0.232 e. The van der Waals surface area contributed by atoms with Crippen molar-refractivity contribution < 1.29 is 25.3 Å². The van der Waals surface area contributed by atoms with Gasteiger partial charge in [0.1, 0.15) is 0 Å². The van der Waals surface area contributed by atoms with Crippen molar-refractivity contribution in [1.29, 1.82) is 0 Å². The van der Waals surface area contributed by atoms with Gasteiger partial charge in [-0.05, 0) is 42.3 Å². The van der Waals surface area contributed by atoms with Gasteiger partial charge in [0.05, 0.1) is 28.8 Å². The second-order valence-electron chi connectivity index (χ2n) is 9.31. The van der Waals surface area contributed by atoms with Crippen LogP contribution in [0.15, 0.2) is 48.5 Å². The van der Waals surface area contributed by atoms with E-state index in [-0.39, 0.29) is 28.8 Å². The van der Waals surface area contributed by atoms with Gasteiger partial charge in [0, 0.05) is 50.6 Å². The lowest BCUT2D eigenvalue weighted by Crippen LogP contribution is -2.39. The lowest BCUT2D eigenvalue weighted by molar-refractivity contribution is 0.287. The molecule has 2 aromatic carbocycles. The smallest absolute Gasteiger partial charge is 0.232 e. The summed E-state index contributed by atoms with van der Waals surface area (Å²) < 4.78 is 70.9. The molecular formula is C24H36N4O6S3. The maximum atomic E-state index is 11.6. The zero-order valence-electron chi connectivity index (χ0n) is 21.0. The minimum absolute atomic E-state index is 0.0290. The molecule has 0 bridgehead atoms. The van der Waals surface area contributed by atoms with Crippen LogP contribution >= 0.6 is 0 Å². The molecule has 4 rings (SSSR count). The summed E-state index contributed by atoms with van der Waals surface area (Å²) in [6, 6.07) is 14.9. The molecule has 2 aliphatic rings. The molecule has 13 heteroatoms. The van der Waals surface area contributed by atoms with E-state index in [0.29, 0.717) is 38.4 Å². The van der Waals surface area contributed by atoms with Crippen LogP contribution in [-0.4, -0.2) is 90.0 Å². The van der Waals surface area contributed by atoms with Crippen LogP contribution in [0.2, 0.25) is 0 Å². The Hall–Kier alpha value is -2.19. The van der Waals surface area contributed by atoms with Crippen molar-refractivity contribution in [3.05, 3.63) is 59.7 Å². The Morgan fingerprint density at radius 3 is 1.70 bits per heavy atom. The lowest BCUT2D eigenvalue weighted by Gasteiger charge is -2.26. The number of anilines is 2. The normalized spacial score (nSPS) is 19.9. The Bertz CT molecular complexity index is 1350. The van der Waals surface area contributed by atoms with Crippen molar-refractivity contribution >= 4 is 41.1 Å². The molecule has 0 spiro atoms. The summed E-state index contributed by atoms with van der Waals surface area (Å²) in [4.78, 5) is 4.21. The molecule has 0 saturated carbocycles. The van der Waals surface area contributed by atoms with E-state index in [1.54, 1.807) is 25.1 Å². The second kappa shape index (κ2) is 12.6. The number of hydrogen-bond acceptors (Lipinski definition) is 9. The molecule has 206 valence electrons. The van der Waals surface area contributed by atoms with Crippen LogP contribution in [0, 0.1) is 0 Å². The first kappa shape index (κ1) is 29.4. The van der Waals surface area contributed by atoms with Crippen molar-refractivity contribution in [2.75, 3.05) is 65.4 Å². The van der Waals surface area contributed by atoms with Gasteiger partial charge in [0.2, 0.25) is 10.0 Å². The molecule has 3 N–H and O–H groups in total. The molecule has 10 nitrogen and oxygen atoms in total. The predicted molar refractivity (Wildman–Crippen MR) is 148 cm³/mol. The first-order valence-corrected chi connectivity index (χ1v) is 17.4. The van der Waals surface area contributed by atoms with E-state index in [0.717, 1.165) is 23.4 Å². The van der Waals surface area contributed by atoms with Gasteiger partial charge in [-0.1, -0.05) is 24.3 Å². The maximum absolute atomic E-state index is 11.6. The minimum atomic E-state index is -3.28. The Kier molecular flexibility index (Phi) is 9.98. The van der Waals surface area contributed by atoms with Crippen LogP contribution in [0.1, 0.15) is 18.1 Å². The number of benzene rings is 2. The van der Waals surface area contributed by atoms with Crippen LogP contribution in [-0.2, 0) is 42.8 Å². The van der Waals surface area contributed by atoms with Crippen molar-refractivity contribution in [2.24, 2.45) is 0 Å². The highest BCUT2D eigenvalue weighted by Gasteiger charge is 2.22. The number of sulfonamides is 1. The number of nitrogen functional groups attached to an aromatic ring is 1. The van der Waals surface area contributed by atoms with Gasteiger partial charge in [-0.25, -0.2) is 25.3 Å². The van der Waals surface area contributed by atoms with Gasteiger partial charge >= 0.3 is 0 Å². The van der Waals surface area contributed by atoms with Crippen molar-refractivity contribution in [3.8, 4) is 0 Å². The van der Waals surface area contributed by atoms with Crippen molar-refractivity contribution in [2.45, 2.75) is 20.0 Å². The van der Waals surface area contributed by atoms with Gasteiger partial charge in [-0.3, -0.25) is 14.5 Å². The zero-order chi connectivity index (χ0) is 27.1. The van der Waals surface area contributed by atoms with E-state index >= 15 is 0 Å². The van der Waals surface area contributed by atoms with Gasteiger partial charge < -0.3 is 5.73 Å².